The number of thiazole rings is 1. The highest BCUT2D eigenvalue weighted by Crippen LogP contribution is 2.26. The molecule has 0 aliphatic heterocycles. The number of aromatic amines is 1. The average Bonchev–Trinajstić information content (AvgIpc) is 2.68. The highest BCUT2D eigenvalue weighted by molar-refractivity contribution is 7.91. The van der Waals surface area contributed by atoms with E-state index in [4.69, 9.17) is 5.73 Å². The van der Waals surface area contributed by atoms with Gasteiger partial charge in [0.2, 0.25) is 0 Å². The van der Waals surface area contributed by atoms with Crippen molar-refractivity contribution in [2.45, 2.75) is 48.8 Å². The van der Waals surface area contributed by atoms with Crippen LogP contribution in [0.15, 0.2) is 9.00 Å². The minimum absolute atomic E-state index is 0.0527. The molecule has 1 aliphatic carbocycles. The fraction of sp³-hybridized carbons (Fsp3) is 0.727. The summed E-state index contributed by atoms with van der Waals surface area (Å²) in [6.45, 7) is 1.80. The Morgan fingerprint density at radius 1 is 1.37 bits per heavy atom. The van der Waals surface area contributed by atoms with Gasteiger partial charge in [-0.25, -0.2) is 13.1 Å². The molecule has 0 amide bonds. The Hall–Kier alpha value is -0.700. The van der Waals surface area contributed by atoms with Crippen LogP contribution in [0.3, 0.4) is 0 Å². The Balaban J connectivity index is 2.10. The van der Waals surface area contributed by atoms with Crippen LogP contribution in [-0.4, -0.2) is 25.5 Å². The summed E-state index contributed by atoms with van der Waals surface area (Å²) in [5.74, 6) is 0. The first kappa shape index (κ1) is 14.7. The van der Waals surface area contributed by atoms with Gasteiger partial charge in [0.15, 0.2) is 4.21 Å². The van der Waals surface area contributed by atoms with Crippen LogP contribution >= 0.6 is 11.3 Å². The summed E-state index contributed by atoms with van der Waals surface area (Å²) in [4.78, 5) is 13.3. The highest BCUT2D eigenvalue weighted by atomic mass is 32.2. The Morgan fingerprint density at radius 3 is 2.53 bits per heavy atom. The van der Waals surface area contributed by atoms with E-state index in [2.05, 4.69) is 9.71 Å². The first-order chi connectivity index (χ1) is 8.82. The molecule has 4 N–H and O–H groups in total. The molecule has 1 aliphatic rings. The van der Waals surface area contributed by atoms with Crippen LogP contribution in [0.2, 0.25) is 0 Å². The summed E-state index contributed by atoms with van der Waals surface area (Å²) in [5, 5.41) is 0. The minimum Gasteiger partial charge on any atom is -0.324 e. The molecule has 0 unspecified atom stereocenters. The molecule has 1 heterocycles. The molecule has 0 aromatic carbocycles. The number of nitrogens with two attached hydrogens (primary N) is 1. The van der Waals surface area contributed by atoms with Crippen molar-refractivity contribution in [3.63, 3.8) is 0 Å². The predicted molar refractivity (Wildman–Crippen MR) is 74.9 cm³/mol. The molecular weight excluding hydrogens is 286 g/mol. The Labute approximate surface area is 116 Å². The van der Waals surface area contributed by atoms with Gasteiger partial charge in [-0.15, -0.1) is 0 Å². The monoisotopic (exact) mass is 305 g/mol. The maximum absolute atomic E-state index is 12.1. The third kappa shape index (κ3) is 3.44. The zero-order valence-corrected chi connectivity index (χ0v) is 12.5. The number of sulfonamides is 1. The van der Waals surface area contributed by atoms with Crippen LogP contribution in [0.4, 0.5) is 0 Å². The lowest BCUT2D eigenvalue weighted by Gasteiger charge is -2.33. The van der Waals surface area contributed by atoms with Crippen LogP contribution in [0.25, 0.3) is 0 Å². The third-order valence-corrected chi connectivity index (χ3v) is 6.49. The van der Waals surface area contributed by atoms with Crippen LogP contribution in [-0.2, 0) is 10.0 Å². The summed E-state index contributed by atoms with van der Waals surface area (Å²) < 4.78 is 26.9. The zero-order chi connectivity index (χ0) is 14.1. The standard InChI is InChI=1S/C11H19N3O3S2/c1-8-9(18-10(15)14-8)19(16,17)13-7-11(12)5-3-2-4-6-11/h13H,2-7,12H2,1H3,(H,14,15). The van der Waals surface area contributed by atoms with Gasteiger partial charge < -0.3 is 10.7 Å². The van der Waals surface area contributed by atoms with Gasteiger partial charge in [-0.1, -0.05) is 30.6 Å². The van der Waals surface area contributed by atoms with Crippen molar-refractivity contribution in [1.82, 2.24) is 9.71 Å². The van der Waals surface area contributed by atoms with E-state index in [0.717, 1.165) is 32.1 Å². The zero-order valence-electron chi connectivity index (χ0n) is 10.9. The van der Waals surface area contributed by atoms with Crippen molar-refractivity contribution in [3.05, 3.63) is 15.4 Å². The SMILES string of the molecule is Cc1[nH]c(=O)sc1S(=O)(=O)NCC1(N)CCCCC1. The summed E-state index contributed by atoms with van der Waals surface area (Å²) in [7, 11) is -3.65. The highest BCUT2D eigenvalue weighted by Gasteiger charge is 2.30. The lowest BCUT2D eigenvalue weighted by molar-refractivity contribution is 0.296. The number of hydrogen-bond donors (Lipinski definition) is 3. The fourth-order valence-corrected chi connectivity index (χ4v) is 4.87. The molecule has 19 heavy (non-hydrogen) atoms. The molecular formula is C11H19N3O3S2. The van der Waals surface area contributed by atoms with Gasteiger partial charge in [-0.05, 0) is 19.8 Å². The topological polar surface area (TPSA) is 105 Å². The van der Waals surface area contributed by atoms with Crippen LogP contribution in [0.5, 0.6) is 0 Å². The molecule has 6 nitrogen and oxygen atoms in total. The quantitative estimate of drug-likeness (QED) is 0.761. The molecule has 1 saturated carbocycles. The molecule has 0 radical (unpaired) electrons. The Kier molecular flexibility index (Phi) is 4.14. The Morgan fingerprint density at radius 2 is 2.00 bits per heavy atom. The maximum atomic E-state index is 12.1. The van der Waals surface area contributed by atoms with Crippen LogP contribution in [0.1, 0.15) is 37.8 Å². The van der Waals surface area contributed by atoms with E-state index in [-0.39, 0.29) is 15.6 Å². The number of aromatic nitrogens is 1. The van der Waals surface area contributed by atoms with E-state index in [9.17, 15) is 13.2 Å². The second-order valence-corrected chi connectivity index (χ2v) is 8.12. The van der Waals surface area contributed by atoms with Crippen molar-refractivity contribution in [2.24, 2.45) is 5.73 Å². The molecule has 0 atom stereocenters. The van der Waals surface area contributed by atoms with Gasteiger partial charge in [-0.3, -0.25) is 4.79 Å². The van der Waals surface area contributed by atoms with Crippen molar-refractivity contribution in [3.8, 4) is 0 Å². The number of rotatable bonds is 4. The molecule has 1 aromatic heterocycles. The molecule has 0 spiro atoms. The fourth-order valence-electron chi connectivity index (χ4n) is 2.38. The van der Waals surface area contributed by atoms with Gasteiger partial charge in [0.1, 0.15) is 0 Å². The summed E-state index contributed by atoms with van der Waals surface area (Å²) >= 11 is 0.704. The normalized spacial score (nSPS) is 19.5. The van der Waals surface area contributed by atoms with E-state index < -0.39 is 15.6 Å². The first-order valence-corrected chi connectivity index (χ1v) is 8.61. The average molecular weight is 305 g/mol. The van der Waals surface area contributed by atoms with Crippen molar-refractivity contribution in [2.75, 3.05) is 6.54 Å². The molecule has 2 rings (SSSR count). The molecule has 1 aromatic rings. The lowest BCUT2D eigenvalue weighted by atomic mass is 9.83. The summed E-state index contributed by atoms with van der Waals surface area (Å²) in [6.07, 6.45) is 4.89. The van der Waals surface area contributed by atoms with Crippen LogP contribution < -0.4 is 15.3 Å². The molecule has 0 bridgehead atoms. The molecule has 0 saturated heterocycles. The van der Waals surface area contributed by atoms with Crippen molar-refractivity contribution < 1.29 is 8.42 Å². The number of aryl methyl sites for hydroxylation is 1. The lowest BCUT2D eigenvalue weighted by Crippen LogP contribution is -2.51. The molecule has 108 valence electrons. The van der Waals surface area contributed by atoms with Crippen molar-refractivity contribution in [1.29, 1.82) is 0 Å². The van der Waals surface area contributed by atoms with Gasteiger partial charge in [0, 0.05) is 17.8 Å². The Bertz CT molecular complexity index is 597. The van der Waals surface area contributed by atoms with E-state index in [1.54, 1.807) is 6.92 Å². The smallest absolute Gasteiger partial charge is 0.305 e. The second kappa shape index (κ2) is 5.35. The summed E-state index contributed by atoms with van der Waals surface area (Å²) in [5.41, 5.74) is 6.11. The van der Waals surface area contributed by atoms with E-state index in [0.29, 0.717) is 17.0 Å². The van der Waals surface area contributed by atoms with Gasteiger partial charge >= 0.3 is 4.87 Å². The largest absolute Gasteiger partial charge is 0.324 e. The third-order valence-electron chi connectivity index (χ3n) is 3.49. The van der Waals surface area contributed by atoms with Gasteiger partial charge in [-0.2, -0.15) is 0 Å². The summed E-state index contributed by atoms with van der Waals surface area (Å²) in [6, 6.07) is 0. The van der Waals surface area contributed by atoms with E-state index >= 15 is 0 Å². The van der Waals surface area contributed by atoms with E-state index in [1.165, 1.54) is 0 Å². The molecule has 8 heteroatoms. The number of hydrogen-bond acceptors (Lipinski definition) is 5. The minimum atomic E-state index is -3.65. The van der Waals surface area contributed by atoms with Gasteiger partial charge in [0.25, 0.3) is 10.0 Å². The molecule has 1 fully saturated rings. The second-order valence-electron chi connectivity index (χ2n) is 5.17. The maximum Gasteiger partial charge on any atom is 0.305 e. The number of H-pyrrole nitrogens is 1. The van der Waals surface area contributed by atoms with E-state index in [1.807, 2.05) is 0 Å². The van der Waals surface area contributed by atoms with Crippen molar-refractivity contribution >= 4 is 21.4 Å². The van der Waals surface area contributed by atoms with Crippen LogP contribution in [0, 0.1) is 6.92 Å². The first-order valence-electron chi connectivity index (χ1n) is 6.31. The number of nitrogens with one attached hydrogen (secondary N) is 2. The predicted octanol–water partition coefficient (Wildman–Crippen LogP) is 0.685. The van der Waals surface area contributed by atoms with Gasteiger partial charge in [0.05, 0.1) is 0 Å².